The van der Waals surface area contributed by atoms with Gasteiger partial charge >= 0.3 is 0 Å². The average molecular weight is 429 g/mol. The lowest BCUT2D eigenvalue weighted by molar-refractivity contribution is 0.357. The van der Waals surface area contributed by atoms with E-state index in [1.54, 1.807) is 0 Å². The second kappa shape index (κ2) is 8.76. The van der Waals surface area contributed by atoms with Crippen molar-refractivity contribution < 1.29 is 4.74 Å². The van der Waals surface area contributed by atoms with Gasteiger partial charge in [0.15, 0.2) is 5.96 Å². The molecule has 0 saturated heterocycles. The summed E-state index contributed by atoms with van der Waals surface area (Å²) < 4.78 is 5.55. The maximum absolute atomic E-state index is 5.55. The molecule has 3 rings (SSSR count). The van der Waals surface area contributed by atoms with E-state index in [9.17, 15) is 0 Å². The molecule has 1 aliphatic heterocycles. The van der Waals surface area contributed by atoms with Crippen LogP contribution in [-0.4, -0.2) is 32.2 Å². The van der Waals surface area contributed by atoms with Crippen LogP contribution in [0.5, 0.6) is 5.75 Å². The van der Waals surface area contributed by atoms with Crippen molar-refractivity contribution in [3.8, 4) is 5.75 Å². The summed E-state index contributed by atoms with van der Waals surface area (Å²) in [5.41, 5.74) is 2.71. The van der Waals surface area contributed by atoms with Crippen LogP contribution in [0.2, 0.25) is 0 Å². The molecule has 5 heteroatoms. The number of guanidine groups is 1. The molecule has 23 heavy (non-hydrogen) atoms. The zero-order valence-corrected chi connectivity index (χ0v) is 16.4. The van der Waals surface area contributed by atoms with Crippen LogP contribution in [0.3, 0.4) is 0 Å². The Bertz CT molecular complexity index is 547. The van der Waals surface area contributed by atoms with Crippen LogP contribution < -0.4 is 15.4 Å². The molecule has 1 heterocycles. The molecule has 2 atom stereocenters. The molecule has 0 amide bonds. The van der Waals surface area contributed by atoms with Crippen molar-refractivity contribution in [3.63, 3.8) is 0 Å². The summed E-state index contributed by atoms with van der Waals surface area (Å²) >= 11 is 0. The number of hydrogen-bond donors (Lipinski definition) is 2. The van der Waals surface area contributed by atoms with Crippen LogP contribution in [-0.2, 0) is 12.8 Å². The third-order valence-electron chi connectivity index (χ3n) is 4.59. The maximum atomic E-state index is 5.55. The summed E-state index contributed by atoms with van der Waals surface area (Å²) in [6.45, 7) is 3.99. The highest BCUT2D eigenvalue weighted by Gasteiger charge is 2.36. The third-order valence-corrected chi connectivity index (χ3v) is 4.59. The van der Waals surface area contributed by atoms with Crippen molar-refractivity contribution in [2.75, 3.05) is 20.2 Å². The molecule has 4 nitrogen and oxygen atoms in total. The van der Waals surface area contributed by atoms with E-state index in [4.69, 9.17) is 4.74 Å². The summed E-state index contributed by atoms with van der Waals surface area (Å²) in [4.78, 5) is 4.33. The number of aliphatic imine (C=N–C) groups is 1. The predicted molar refractivity (Wildman–Crippen MR) is 106 cm³/mol. The highest BCUT2D eigenvalue weighted by atomic mass is 127. The molecule has 2 N–H and O–H groups in total. The molecule has 0 bridgehead atoms. The Hall–Kier alpha value is -0.980. The van der Waals surface area contributed by atoms with E-state index in [0.717, 1.165) is 43.6 Å². The fraction of sp³-hybridized carbons (Fsp3) is 0.611. The van der Waals surface area contributed by atoms with Crippen LogP contribution in [0.4, 0.5) is 0 Å². The van der Waals surface area contributed by atoms with Crippen LogP contribution in [0.25, 0.3) is 0 Å². The number of ether oxygens (including phenoxy) is 1. The lowest BCUT2D eigenvalue weighted by Gasteiger charge is -2.12. The van der Waals surface area contributed by atoms with Gasteiger partial charge in [-0.05, 0) is 42.4 Å². The molecule has 2 unspecified atom stereocenters. The Morgan fingerprint density at radius 1 is 1.39 bits per heavy atom. The number of fused-ring (bicyclic) bond motifs is 1. The lowest BCUT2D eigenvalue weighted by atomic mass is 10.1. The van der Waals surface area contributed by atoms with E-state index < -0.39 is 0 Å². The van der Waals surface area contributed by atoms with Crippen molar-refractivity contribution in [1.82, 2.24) is 10.6 Å². The Morgan fingerprint density at radius 2 is 2.26 bits per heavy atom. The Kier molecular flexibility index (Phi) is 6.99. The molecule has 1 saturated carbocycles. The lowest BCUT2D eigenvalue weighted by Crippen LogP contribution is -2.40. The zero-order valence-electron chi connectivity index (χ0n) is 14.1. The second-order valence-electron chi connectivity index (χ2n) is 6.32. The van der Waals surface area contributed by atoms with Crippen molar-refractivity contribution in [1.29, 1.82) is 0 Å². The average Bonchev–Trinajstić information content (AvgIpc) is 3.08. The minimum atomic E-state index is 0. The minimum Gasteiger partial charge on any atom is -0.493 e. The van der Waals surface area contributed by atoms with Gasteiger partial charge in [-0.2, -0.15) is 0 Å². The highest BCUT2D eigenvalue weighted by Crippen LogP contribution is 2.34. The Morgan fingerprint density at radius 3 is 3.04 bits per heavy atom. The molecular weight excluding hydrogens is 401 g/mol. The molecular formula is C18H28IN3O. The number of nitrogens with one attached hydrogen (secondary N) is 2. The molecule has 0 aromatic heterocycles. The topological polar surface area (TPSA) is 45.7 Å². The summed E-state index contributed by atoms with van der Waals surface area (Å²) in [6, 6.07) is 7.17. The molecule has 1 fully saturated rings. The maximum Gasteiger partial charge on any atom is 0.191 e. The monoisotopic (exact) mass is 429 g/mol. The Balaban J connectivity index is 0.00000192. The van der Waals surface area contributed by atoms with Crippen molar-refractivity contribution >= 4 is 29.9 Å². The van der Waals surface area contributed by atoms with E-state index in [1.165, 1.54) is 30.4 Å². The largest absolute Gasteiger partial charge is 0.493 e. The number of rotatable bonds is 6. The molecule has 128 valence electrons. The number of halogens is 1. The summed E-state index contributed by atoms with van der Waals surface area (Å²) in [5.74, 6) is 2.85. The van der Waals surface area contributed by atoms with E-state index >= 15 is 0 Å². The molecule has 0 radical (unpaired) electrons. The first kappa shape index (κ1) is 18.4. The van der Waals surface area contributed by atoms with Gasteiger partial charge in [-0.15, -0.1) is 24.0 Å². The van der Waals surface area contributed by atoms with Gasteiger partial charge in [0.25, 0.3) is 0 Å². The van der Waals surface area contributed by atoms with E-state index in [2.05, 4.69) is 40.7 Å². The predicted octanol–water partition coefficient (Wildman–Crippen LogP) is 3.14. The fourth-order valence-corrected chi connectivity index (χ4v) is 3.21. The third kappa shape index (κ3) is 4.99. The number of benzene rings is 1. The summed E-state index contributed by atoms with van der Waals surface area (Å²) in [6.07, 6.45) is 5.94. The standard InChI is InChI=1S/C18H27N3O.HI/c1-3-4-14-12-16(14)21-18(19-2)20-9-7-13-5-6-17-15(11-13)8-10-22-17;/h5-6,11,14,16H,3-4,7-10,12H2,1-2H3,(H2,19,20,21);1H. The number of nitrogens with zero attached hydrogens (tertiary/aromatic N) is 1. The van der Waals surface area contributed by atoms with E-state index in [1.807, 2.05) is 7.05 Å². The second-order valence-corrected chi connectivity index (χ2v) is 6.32. The Labute approximate surface area is 156 Å². The minimum absolute atomic E-state index is 0. The first-order chi connectivity index (χ1) is 10.8. The van der Waals surface area contributed by atoms with Gasteiger partial charge in [0, 0.05) is 26.1 Å². The SMILES string of the molecule is CCCC1CC1NC(=NC)NCCc1ccc2c(c1)CCO2.I. The zero-order chi connectivity index (χ0) is 15.4. The smallest absolute Gasteiger partial charge is 0.191 e. The quantitative estimate of drug-likeness (QED) is 0.415. The van der Waals surface area contributed by atoms with Crippen molar-refractivity contribution in [3.05, 3.63) is 29.3 Å². The first-order valence-corrected chi connectivity index (χ1v) is 8.52. The highest BCUT2D eigenvalue weighted by molar-refractivity contribution is 14.0. The van der Waals surface area contributed by atoms with Crippen molar-refractivity contribution in [2.45, 2.75) is 45.1 Å². The number of hydrogen-bond acceptors (Lipinski definition) is 2. The fourth-order valence-electron chi connectivity index (χ4n) is 3.21. The van der Waals surface area contributed by atoms with Crippen molar-refractivity contribution in [2.24, 2.45) is 10.9 Å². The summed E-state index contributed by atoms with van der Waals surface area (Å²) in [5, 5.41) is 6.95. The van der Waals surface area contributed by atoms with Gasteiger partial charge in [-0.3, -0.25) is 4.99 Å². The van der Waals surface area contributed by atoms with Gasteiger partial charge < -0.3 is 15.4 Å². The van der Waals surface area contributed by atoms with Crippen LogP contribution in [0, 0.1) is 5.92 Å². The molecule has 2 aliphatic rings. The van der Waals surface area contributed by atoms with E-state index in [-0.39, 0.29) is 24.0 Å². The van der Waals surface area contributed by atoms with E-state index in [0.29, 0.717) is 6.04 Å². The summed E-state index contributed by atoms with van der Waals surface area (Å²) in [7, 11) is 1.85. The molecule has 1 aliphatic carbocycles. The first-order valence-electron chi connectivity index (χ1n) is 8.52. The van der Waals surface area contributed by atoms with Crippen LogP contribution in [0.15, 0.2) is 23.2 Å². The van der Waals surface area contributed by atoms with Gasteiger partial charge in [-0.1, -0.05) is 25.5 Å². The van der Waals surface area contributed by atoms with Crippen LogP contribution >= 0.6 is 24.0 Å². The van der Waals surface area contributed by atoms with Gasteiger partial charge in [0.2, 0.25) is 0 Å². The van der Waals surface area contributed by atoms with Gasteiger partial charge in [-0.25, -0.2) is 0 Å². The normalized spacial score (nSPS) is 21.9. The van der Waals surface area contributed by atoms with Crippen LogP contribution in [0.1, 0.15) is 37.3 Å². The van der Waals surface area contributed by atoms with Gasteiger partial charge in [0.05, 0.1) is 6.61 Å². The van der Waals surface area contributed by atoms with Gasteiger partial charge in [0.1, 0.15) is 5.75 Å². The molecule has 1 aromatic carbocycles. The molecule has 0 spiro atoms. The molecule has 1 aromatic rings.